The minimum Gasteiger partial charge on any atom is -0.457 e. The van der Waals surface area contributed by atoms with Crippen LogP contribution in [-0.2, 0) is 15.7 Å². The van der Waals surface area contributed by atoms with Crippen LogP contribution in [0.4, 0.5) is 13.2 Å². The number of ether oxygens (including phenoxy) is 2. The summed E-state index contributed by atoms with van der Waals surface area (Å²) in [5.74, 6) is 1.02. The molecule has 10 heteroatoms. The van der Waals surface area contributed by atoms with Gasteiger partial charge in [-0.25, -0.2) is 0 Å². The lowest BCUT2D eigenvalue weighted by atomic mass is 9.93. The number of carbonyl (C=O) groups is 2. The van der Waals surface area contributed by atoms with Crippen molar-refractivity contribution in [1.82, 2.24) is 15.5 Å². The third-order valence-electron chi connectivity index (χ3n) is 8.62. The summed E-state index contributed by atoms with van der Waals surface area (Å²) in [4.78, 5) is 27.8. The molecular weight excluding hydrogens is 583 g/mol. The Balaban J connectivity index is 1.05. The van der Waals surface area contributed by atoms with Crippen LogP contribution in [0.15, 0.2) is 83.6 Å². The second kappa shape index (κ2) is 14.8. The highest BCUT2D eigenvalue weighted by atomic mass is 19.4. The van der Waals surface area contributed by atoms with E-state index in [0.29, 0.717) is 42.4 Å². The van der Waals surface area contributed by atoms with Crippen LogP contribution in [-0.4, -0.2) is 55.6 Å². The molecule has 0 spiro atoms. The van der Waals surface area contributed by atoms with Gasteiger partial charge in [-0.1, -0.05) is 12.2 Å². The van der Waals surface area contributed by atoms with Gasteiger partial charge >= 0.3 is 6.18 Å². The molecule has 3 aliphatic rings. The first-order valence-electron chi connectivity index (χ1n) is 15.6. The van der Waals surface area contributed by atoms with Crippen molar-refractivity contribution in [2.24, 2.45) is 5.92 Å². The molecule has 7 nitrogen and oxygen atoms in total. The topological polar surface area (TPSA) is 79.9 Å². The molecule has 2 N–H and O–H groups in total. The first-order valence-corrected chi connectivity index (χ1v) is 15.6. The van der Waals surface area contributed by atoms with Crippen LogP contribution in [0.1, 0.15) is 61.4 Å². The number of amides is 2. The Labute approximate surface area is 262 Å². The van der Waals surface area contributed by atoms with Crippen molar-refractivity contribution in [3.63, 3.8) is 0 Å². The molecule has 1 aliphatic carbocycles. The number of halogens is 3. The molecule has 2 aromatic carbocycles. The van der Waals surface area contributed by atoms with E-state index in [1.165, 1.54) is 12.1 Å². The van der Waals surface area contributed by atoms with Crippen LogP contribution >= 0.6 is 0 Å². The summed E-state index contributed by atoms with van der Waals surface area (Å²) < 4.78 is 49.7. The molecule has 1 atom stereocenters. The maximum Gasteiger partial charge on any atom is 0.416 e. The normalized spacial score (nSPS) is 20.3. The third-order valence-corrected chi connectivity index (χ3v) is 8.62. The molecule has 2 amide bonds. The van der Waals surface area contributed by atoms with E-state index in [4.69, 9.17) is 9.47 Å². The van der Waals surface area contributed by atoms with Gasteiger partial charge in [0.25, 0.3) is 11.8 Å². The molecule has 0 unspecified atom stereocenters. The zero-order valence-electron chi connectivity index (χ0n) is 25.5. The minimum atomic E-state index is -4.40. The quantitative estimate of drug-likeness (QED) is 0.322. The van der Waals surface area contributed by atoms with Gasteiger partial charge in [-0.15, -0.1) is 0 Å². The van der Waals surface area contributed by atoms with Gasteiger partial charge in [0.1, 0.15) is 11.5 Å². The summed E-state index contributed by atoms with van der Waals surface area (Å²) in [6.45, 7) is 5.39. The molecule has 2 aromatic rings. The van der Waals surface area contributed by atoms with Crippen molar-refractivity contribution in [3.8, 4) is 11.5 Å². The number of carbonyl (C=O) groups excluding carboxylic acids is 2. The Hall–Kier alpha value is -4.05. The molecule has 2 heterocycles. The van der Waals surface area contributed by atoms with Gasteiger partial charge in [0.2, 0.25) is 0 Å². The lowest BCUT2D eigenvalue weighted by Crippen LogP contribution is -2.40. The van der Waals surface area contributed by atoms with Crippen LogP contribution < -0.4 is 15.4 Å². The van der Waals surface area contributed by atoms with Gasteiger partial charge in [0.05, 0.1) is 11.7 Å². The van der Waals surface area contributed by atoms with Gasteiger partial charge in [0.15, 0.2) is 0 Å². The van der Waals surface area contributed by atoms with Crippen molar-refractivity contribution in [2.45, 2.75) is 57.7 Å². The van der Waals surface area contributed by atoms with Gasteiger partial charge in [-0.05, 0) is 111 Å². The maximum atomic E-state index is 13.1. The molecule has 240 valence electrons. The van der Waals surface area contributed by atoms with Gasteiger partial charge < -0.3 is 25.0 Å². The molecule has 0 saturated carbocycles. The van der Waals surface area contributed by atoms with Crippen LogP contribution in [0, 0.1) is 5.92 Å². The van der Waals surface area contributed by atoms with Gasteiger partial charge in [0, 0.05) is 50.1 Å². The lowest BCUT2D eigenvalue weighted by molar-refractivity contribution is -0.137. The van der Waals surface area contributed by atoms with E-state index in [0.717, 1.165) is 75.0 Å². The highest BCUT2D eigenvalue weighted by molar-refractivity contribution is 5.98. The van der Waals surface area contributed by atoms with E-state index >= 15 is 0 Å². The second-order valence-corrected chi connectivity index (χ2v) is 11.8. The molecule has 45 heavy (non-hydrogen) atoms. The van der Waals surface area contributed by atoms with Crippen LogP contribution in [0.25, 0.3) is 0 Å². The Morgan fingerprint density at radius 1 is 0.978 bits per heavy atom. The zero-order chi connectivity index (χ0) is 31.8. The summed E-state index contributed by atoms with van der Waals surface area (Å²) in [5, 5.41) is 6.49. The van der Waals surface area contributed by atoms with Gasteiger partial charge in [-0.2, -0.15) is 13.2 Å². The smallest absolute Gasteiger partial charge is 0.416 e. The van der Waals surface area contributed by atoms with E-state index < -0.39 is 11.7 Å². The van der Waals surface area contributed by atoms with Gasteiger partial charge in [-0.3, -0.25) is 9.59 Å². The predicted octanol–water partition coefficient (Wildman–Crippen LogP) is 6.79. The predicted molar refractivity (Wildman–Crippen MR) is 166 cm³/mol. The zero-order valence-corrected chi connectivity index (χ0v) is 25.5. The fourth-order valence-electron chi connectivity index (χ4n) is 5.82. The summed E-state index contributed by atoms with van der Waals surface area (Å²) in [7, 11) is 0. The summed E-state index contributed by atoms with van der Waals surface area (Å²) in [6.07, 6.45) is 7.35. The second-order valence-electron chi connectivity index (χ2n) is 11.8. The molecular formula is C35H40F3N3O4. The van der Waals surface area contributed by atoms with E-state index in [-0.39, 0.29) is 23.7 Å². The largest absolute Gasteiger partial charge is 0.457 e. The van der Waals surface area contributed by atoms with Crippen molar-refractivity contribution >= 4 is 11.8 Å². The molecule has 0 aromatic heterocycles. The Morgan fingerprint density at radius 3 is 2.31 bits per heavy atom. The fraction of sp³-hybridized carbons (Fsp3) is 0.429. The third kappa shape index (κ3) is 8.78. The number of nitrogens with one attached hydrogen (secondary N) is 2. The number of benzene rings is 2. The number of likely N-dealkylation sites (tertiary alicyclic amines) is 1. The average molecular weight is 624 g/mol. The number of hydrogen-bond acceptors (Lipinski definition) is 5. The molecule has 2 fully saturated rings. The maximum absolute atomic E-state index is 13.1. The monoisotopic (exact) mass is 623 g/mol. The van der Waals surface area contributed by atoms with Crippen molar-refractivity contribution in [3.05, 3.63) is 94.7 Å². The minimum absolute atomic E-state index is 0.0554. The molecule has 0 bridgehead atoms. The summed E-state index contributed by atoms with van der Waals surface area (Å²) >= 11 is 0. The van der Waals surface area contributed by atoms with Crippen molar-refractivity contribution in [1.29, 1.82) is 0 Å². The Kier molecular flexibility index (Phi) is 10.7. The number of nitrogens with zero attached hydrogens (tertiary/aromatic N) is 1. The summed E-state index contributed by atoms with van der Waals surface area (Å²) in [5.41, 5.74) is 2.56. The molecule has 0 radical (unpaired) electrons. The molecule has 5 rings (SSSR count). The first-order chi connectivity index (χ1) is 21.7. The molecule has 2 saturated heterocycles. The number of hydrogen-bond donors (Lipinski definition) is 2. The average Bonchev–Trinajstić information content (AvgIpc) is 3.05. The van der Waals surface area contributed by atoms with E-state index in [2.05, 4.69) is 10.6 Å². The first kappa shape index (κ1) is 32.3. The number of piperidine rings is 1. The van der Waals surface area contributed by atoms with E-state index in [9.17, 15) is 22.8 Å². The van der Waals surface area contributed by atoms with E-state index in [1.54, 1.807) is 24.3 Å². The van der Waals surface area contributed by atoms with Crippen LogP contribution in [0.2, 0.25) is 0 Å². The van der Waals surface area contributed by atoms with Crippen molar-refractivity contribution < 1.29 is 32.2 Å². The van der Waals surface area contributed by atoms with Crippen LogP contribution in [0.5, 0.6) is 11.5 Å². The number of rotatable bonds is 9. The highest BCUT2D eigenvalue weighted by Gasteiger charge is 2.30. The lowest BCUT2D eigenvalue weighted by Gasteiger charge is -2.32. The SMILES string of the molecule is CC1=C(C(=O)NC[C@@H]2CCCCO2)C=CC/C1=C\NCC1CCN(C(=O)c2ccc(Oc3ccc(C(F)(F)F)cc3)cc2)CC1. The van der Waals surface area contributed by atoms with Crippen molar-refractivity contribution in [2.75, 3.05) is 32.8 Å². The highest BCUT2D eigenvalue weighted by Crippen LogP contribution is 2.32. The standard InChI is InChI=1S/C35H40F3N3O4/c1-24-27(5-4-7-32(24)33(42)40-23-31-6-2-3-20-44-31)22-39-21-25-16-18-41(19-17-25)34(43)26-8-12-29(13-9-26)45-30-14-10-28(11-15-30)35(36,37)38/h4,7-15,22,25,31,39H,2-3,5-6,16-21,23H2,1H3,(H,40,42)/b27-22+/t31-/m0/s1. The Bertz CT molecular complexity index is 1420. The van der Waals surface area contributed by atoms with E-state index in [1.807, 2.05) is 30.2 Å². The summed E-state index contributed by atoms with van der Waals surface area (Å²) in [6, 6.07) is 11.1. The fourth-order valence-corrected chi connectivity index (χ4v) is 5.82. The van der Waals surface area contributed by atoms with Crippen LogP contribution in [0.3, 0.4) is 0 Å². The number of alkyl halides is 3. The molecule has 2 aliphatic heterocycles. The number of allylic oxidation sites excluding steroid dienone is 3. The Morgan fingerprint density at radius 2 is 1.67 bits per heavy atom.